The molecule has 3 nitrogen and oxygen atoms in total. The van der Waals surface area contributed by atoms with E-state index in [-0.39, 0.29) is 0 Å². The topological polar surface area (TPSA) is 27.3 Å². The maximum Gasteiger partial charge on any atom is 0.0464 e. The van der Waals surface area contributed by atoms with Crippen molar-refractivity contribution in [2.45, 2.75) is 47.0 Å². The third-order valence-corrected chi connectivity index (χ3v) is 3.05. The van der Waals surface area contributed by atoms with Gasteiger partial charge in [-0.25, -0.2) is 0 Å². The molecule has 0 rings (SSSR count). The molecule has 0 aliphatic heterocycles. The summed E-state index contributed by atoms with van der Waals surface area (Å²) in [7, 11) is 0. The Labute approximate surface area is 124 Å². The Morgan fingerprint density at radius 2 is 1.70 bits per heavy atom. The number of allylic oxidation sites excluding steroid dienone is 1. The predicted molar refractivity (Wildman–Crippen MR) is 86.2 cm³/mol. The zero-order valence-electron chi connectivity index (χ0n) is 13.8. The van der Waals surface area contributed by atoms with Crippen LogP contribution in [0.1, 0.15) is 47.0 Å². The summed E-state index contributed by atoms with van der Waals surface area (Å²) >= 11 is 0. The molecule has 120 valence electrons. The van der Waals surface area contributed by atoms with E-state index in [2.05, 4.69) is 44.9 Å². The van der Waals surface area contributed by atoms with Gasteiger partial charge in [-0.15, -0.1) is 9.60 Å². The Hall–Kier alpha value is -0.610. The zero-order valence-corrected chi connectivity index (χ0v) is 13.8. The molecular formula is C16H34FN3. The highest BCUT2D eigenvalue weighted by Gasteiger charge is 2.03. The van der Waals surface area contributed by atoms with Crippen LogP contribution in [0.25, 0.3) is 0 Å². The van der Waals surface area contributed by atoms with Crippen LogP contribution in [0.2, 0.25) is 0 Å². The number of nitrogens with one attached hydrogen (secondary N) is 2. The Morgan fingerprint density at radius 3 is 2.30 bits per heavy atom. The smallest absolute Gasteiger partial charge is 0.0464 e. The Morgan fingerprint density at radius 1 is 1.05 bits per heavy atom. The summed E-state index contributed by atoms with van der Waals surface area (Å²) < 4.78 is 13.5. The van der Waals surface area contributed by atoms with Gasteiger partial charge < -0.3 is 10.6 Å². The van der Waals surface area contributed by atoms with Gasteiger partial charge in [-0.2, -0.15) is 0 Å². The minimum atomic E-state index is 0.408. The fourth-order valence-electron chi connectivity index (χ4n) is 1.99. The molecule has 4 heteroatoms. The molecule has 0 aromatic carbocycles. The summed E-state index contributed by atoms with van der Waals surface area (Å²) in [5.41, 5.74) is 1.00. The lowest BCUT2D eigenvalue weighted by Gasteiger charge is -2.15. The normalized spacial score (nSPS) is 11.6. The van der Waals surface area contributed by atoms with E-state index in [1.54, 1.807) is 0 Å². The molecule has 0 aliphatic carbocycles. The van der Waals surface area contributed by atoms with E-state index < -0.39 is 0 Å². The standard InChI is InChI=1S/C16H34FN3/c1-14(2)7-6-8-18-9-11-20(17)12-10-19-16(5)13-15(3)4/h14-15,18-19H,5-13H2,1-4H3. The largest absolute Gasteiger partial charge is 0.387 e. The zero-order chi connectivity index (χ0) is 15.4. The number of hydrogen-bond acceptors (Lipinski definition) is 3. The molecule has 0 atom stereocenters. The second-order valence-electron chi connectivity index (χ2n) is 6.32. The average Bonchev–Trinajstić information content (AvgIpc) is 2.32. The second kappa shape index (κ2) is 12.2. The van der Waals surface area contributed by atoms with Crippen LogP contribution in [0.3, 0.4) is 0 Å². The van der Waals surface area contributed by atoms with Crippen molar-refractivity contribution in [2.75, 3.05) is 32.7 Å². The lowest BCUT2D eigenvalue weighted by Crippen LogP contribution is -2.32. The monoisotopic (exact) mass is 287 g/mol. The van der Waals surface area contributed by atoms with Crippen molar-refractivity contribution in [2.24, 2.45) is 11.8 Å². The van der Waals surface area contributed by atoms with E-state index in [4.69, 9.17) is 0 Å². The van der Waals surface area contributed by atoms with Gasteiger partial charge in [0.15, 0.2) is 0 Å². The van der Waals surface area contributed by atoms with E-state index in [0.29, 0.717) is 32.1 Å². The summed E-state index contributed by atoms with van der Waals surface area (Å²) in [6.45, 7) is 15.9. The van der Waals surface area contributed by atoms with Crippen molar-refractivity contribution in [1.82, 2.24) is 15.8 Å². The first kappa shape index (κ1) is 19.4. The van der Waals surface area contributed by atoms with Gasteiger partial charge in [0.05, 0.1) is 0 Å². The van der Waals surface area contributed by atoms with Crippen LogP contribution < -0.4 is 10.6 Å². The van der Waals surface area contributed by atoms with Gasteiger partial charge in [-0.05, 0) is 37.6 Å². The molecule has 0 heterocycles. The molecule has 0 saturated carbocycles. The SMILES string of the molecule is C=C(CC(C)C)NCCN(F)CCNCCCC(C)C. The van der Waals surface area contributed by atoms with Crippen molar-refractivity contribution in [1.29, 1.82) is 0 Å². The van der Waals surface area contributed by atoms with Crippen LogP contribution >= 0.6 is 0 Å². The van der Waals surface area contributed by atoms with Crippen LogP contribution in [-0.2, 0) is 0 Å². The molecule has 0 aromatic rings. The first-order chi connectivity index (χ1) is 9.41. The third kappa shape index (κ3) is 13.8. The van der Waals surface area contributed by atoms with E-state index in [9.17, 15) is 4.48 Å². The summed E-state index contributed by atoms with van der Waals surface area (Å²) in [4.78, 5) is 0. The summed E-state index contributed by atoms with van der Waals surface area (Å²) in [5.74, 6) is 1.34. The summed E-state index contributed by atoms with van der Waals surface area (Å²) in [5, 5.41) is 7.31. The Bertz CT molecular complexity index is 242. The number of rotatable bonds is 13. The van der Waals surface area contributed by atoms with Gasteiger partial charge in [0.1, 0.15) is 0 Å². The molecular weight excluding hydrogens is 253 g/mol. The van der Waals surface area contributed by atoms with E-state index in [1.807, 2.05) is 0 Å². The van der Waals surface area contributed by atoms with Crippen molar-refractivity contribution in [3.05, 3.63) is 12.3 Å². The molecule has 0 fully saturated rings. The molecule has 2 N–H and O–H groups in total. The lowest BCUT2D eigenvalue weighted by molar-refractivity contribution is 0.0289. The number of hydrogen-bond donors (Lipinski definition) is 2. The molecule has 0 unspecified atom stereocenters. The summed E-state index contributed by atoms with van der Waals surface area (Å²) in [6, 6.07) is 0. The van der Waals surface area contributed by atoms with E-state index >= 15 is 0 Å². The molecule has 0 aromatic heterocycles. The van der Waals surface area contributed by atoms with Gasteiger partial charge >= 0.3 is 0 Å². The predicted octanol–water partition coefficient (Wildman–Crippen LogP) is 3.35. The van der Waals surface area contributed by atoms with Gasteiger partial charge in [-0.3, -0.25) is 0 Å². The Kier molecular flexibility index (Phi) is 11.8. The van der Waals surface area contributed by atoms with Crippen LogP contribution in [0, 0.1) is 11.8 Å². The summed E-state index contributed by atoms with van der Waals surface area (Å²) in [6.07, 6.45) is 3.35. The fraction of sp³-hybridized carbons (Fsp3) is 0.875. The molecule has 20 heavy (non-hydrogen) atoms. The van der Waals surface area contributed by atoms with Crippen molar-refractivity contribution < 1.29 is 4.48 Å². The first-order valence-corrected chi connectivity index (χ1v) is 7.95. The first-order valence-electron chi connectivity index (χ1n) is 7.95. The van der Waals surface area contributed by atoms with Crippen LogP contribution in [0.5, 0.6) is 0 Å². The highest BCUT2D eigenvalue weighted by molar-refractivity contribution is 4.91. The minimum absolute atomic E-state index is 0.408. The van der Waals surface area contributed by atoms with E-state index in [1.165, 1.54) is 12.8 Å². The van der Waals surface area contributed by atoms with Crippen LogP contribution in [-0.4, -0.2) is 37.8 Å². The molecule has 0 amide bonds. The maximum absolute atomic E-state index is 13.5. The molecule has 0 bridgehead atoms. The molecule has 0 radical (unpaired) electrons. The minimum Gasteiger partial charge on any atom is -0.387 e. The van der Waals surface area contributed by atoms with Crippen LogP contribution in [0.15, 0.2) is 12.3 Å². The Balaban J connectivity index is 3.37. The number of halogens is 1. The van der Waals surface area contributed by atoms with Gasteiger partial charge in [0.2, 0.25) is 0 Å². The van der Waals surface area contributed by atoms with Gasteiger partial charge in [-0.1, -0.05) is 34.3 Å². The van der Waals surface area contributed by atoms with E-state index in [0.717, 1.165) is 29.7 Å². The second-order valence-corrected chi connectivity index (χ2v) is 6.32. The number of nitrogens with zero attached hydrogens (tertiary/aromatic N) is 1. The highest BCUT2D eigenvalue weighted by Crippen LogP contribution is 2.05. The van der Waals surface area contributed by atoms with Crippen molar-refractivity contribution >= 4 is 0 Å². The third-order valence-electron chi connectivity index (χ3n) is 3.05. The quantitative estimate of drug-likeness (QED) is 0.402. The molecule has 0 saturated heterocycles. The highest BCUT2D eigenvalue weighted by atomic mass is 19.2. The fourth-order valence-corrected chi connectivity index (χ4v) is 1.99. The van der Waals surface area contributed by atoms with Crippen LogP contribution in [0.4, 0.5) is 4.48 Å². The lowest BCUT2D eigenvalue weighted by atomic mass is 10.1. The maximum atomic E-state index is 13.5. The molecule has 0 aliphatic rings. The van der Waals surface area contributed by atoms with Gasteiger partial charge in [0, 0.05) is 31.9 Å². The van der Waals surface area contributed by atoms with Crippen molar-refractivity contribution in [3.63, 3.8) is 0 Å². The van der Waals surface area contributed by atoms with Crippen molar-refractivity contribution in [3.8, 4) is 0 Å². The van der Waals surface area contributed by atoms with Gasteiger partial charge in [0.25, 0.3) is 0 Å². The molecule has 0 spiro atoms. The average molecular weight is 287 g/mol.